The lowest BCUT2D eigenvalue weighted by Crippen LogP contribution is -2.62. The van der Waals surface area contributed by atoms with Crippen molar-refractivity contribution in [3.63, 3.8) is 0 Å². The predicted octanol–water partition coefficient (Wildman–Crippen LogP) is -0.106. The Morgan fingerprint density at radius 2 is 1.53 bits per heavy atom. The van der Waals surface area contributed by atoms with Crippen molar-refractivity contribution < 1.29 is 84.0 Å². The number of ether oxygens (including phenoxy) is 5. The molecule has 0 radical (unpaired) electrons. The highest BCUT2D eigenvalue weighted by Gasteiger charge is 2.49. The van der Waals surface area contributed by atoms with Crippen molar-refractivity contribution in [1.29, 1.82) is 0 Å². The van der Waals surface area contributed by atoms with Gasteiger partial charge in [0.05, 0.1) is 13.2 Å². The van der Waals surface area contributed by atoms with Gasteiger partial charge in [-0.2, -0.15) is 0 Å². The highest BCUT2D eigenvalue weighted by Crippen LogP contribution is 2.40. The topological polar surface area (TPSA) is 296 Å². The molecule has 0 amide bonds. The number of esters is 1. The zero-order chi connectivity index (χ0) is 38.1. The van der Waals surface area contributed by atoms with E-state index in [0.29, 0.717) is 5.56 Å². The van der Waals surface area contributed by atoms with Crippen molar-refractivity contribution in [2.45, 2.75) is 55.3 Å². The number of benzene rings is 3. The average Bonchev–Trinajstić information content (AvgIpc) is 3.12. The van der Waals surface area contributed by atoms with Gasteiger partial charge in [0.2, 0.25) is 17.5 Å². The molecule has 1 aromatic heterocycles. The number of hydrogen-bond donors (Lipinski definition) is 10. The first-order valence-electron chi connectivity index (χ1n) is 15.9. The fourth-order valence-electron chi connectivity index (χ4n) is 5.65. The molecule has 282 valence electrons. The Kier molecular flexibility index (Phi) is 10.8. The van der Waals surface area contributed by atoms with Crippen molar-refractivity contribution in [2.24, 2.45) is 0 Å². The van der Waals surface area contributed by atoms with Crippen molar-refractivity contribution in [3.05, 3.63) is 76.5 Å². The lowest BCUT2D eigenvalue weighted by Gasteiger charge is -2.42. The summed E-state index contributed by atoms with van der Waals surface area (Å²) >= 11 is 0. The monoisotopic (exact) mass is 742 g/mol. The SMILES string of the molecule is O=C(C=Cc1ccc(O)cc1)O[C@H]1[C@H](Oc2c(-c3ccc(O)c(O)c3)oc3cc(O)cc(O)c3c2=O)O[C@H](CO[C@@H]2OC[C@H](O)[C@H](O)[C@H]2O)[C@@H](O)[C@@H]1O. The molecule has 18 nitrogen and oxygen atoms in total. The summed E-state index contributed by atoms with van der Waals surface area (Å²) in [4.78, 5) is 27.0. The molecule has 2 fully saturated rings. The van der Waals surface area contributed by atoms with Gasteiger partial charge in [-0.05, 0) is 42.0 Å². The first-order chi connectivity index (χ1) is 25.2. The highest BCUT2D eigenvalue weighted by atomic mass is 16.7. The summed E-state index contributed by atoms with van der Waals surface area (Å²) in [5.74, 6) is -4.71. The van der Waals surface area contributed by atoms with E-state index < -0.39 is 120 Å². The van der Waals surface area contributed by atoms with Gasteiger partial charge in [-0.3, -0.25) is 4.79 Å². The maximum absolute atomic E-state index is 14.0. The Hall–Kier alpha value is -5.44. The van der Waals surface area contributed by atoms with Crippen LogP contribution in [0, 0.1) is 0 Å². The molecule has 3 heterocycles. The first-order valence-corrected chi connectivity index (χ1v) is 15.9. The molecule has 18 heteroatoms. The number of carbonyl (C=O) groups excluding carboxylic acids is 1. The number of phenols is 5. The third-order valence-corrected chi connectivity index (χ3v) is 8.47. The lowest BCUT2D eigenvalue weighted by molar-refractivity contribution is -0.308. The number of fused-ring (bicyclic) bond motifs is 1. The van der Waals surface area contributed by atoms with Gasteiger partial charge in [-0.1, -0.05) is 12.1 Å². The van der Waals surface area contributed by atoms with Crippen LogP contribution in [0.15, 0.2) is 69.9 Å². The second kappa shape index (κ2) is 15.3. The Balaban J connectivity index is 1.37. The third kappa shape index (κ3) is 7.84. The van der Waals surface area contributed by atoms with E-state index >= 15 is 0 Å². The van der Waals surface area contributed by atoms with Crippen LogP contribution < -0.4 is 10.2 Å². The van der Waals surface area contributed by atoms with Crippen molar-refractivity contribution in [1.82, 2.24) is 0 Å². The summed E-state index contributed by atoms with van der Waals surface area (Å²) in [5.41, 5.74) is -1.03. The number of phenolic OH excluding ortho intramolecular Hbond substituents is 5. The van der Waals surface area contributed by atoms with Crippen LogP contribution in [-0.4, -0.2) is 126 Å². The standard InChI is InChI=1S/C35H34O18/c36-16-5-1-14(2-6-16)3-8-24(42)52-33-29(46)27(44)23(13-49-34-30(47)26(43)21(41)12-48-34)51-35(33)53-32-28(45)25-20(40)10-17(37)11-22(25)50-31(32)15-4-7-18(38)19(39)9-15/h1-11,21,23,26-27,29-30,33-41,43-44,46-47H,12-13H2/t21-,23+,26-,27+,29-,30+,33+,34-,35-/m0/s1. The number of rotatable bonds is 9. The number of aromatic hydroxyl groups is 5. The molecular formula is C35H34O18. The van der Waals surface area contributed by atoms with E-state index in [1.807, 2.05) is 0 Å². The smallest absolute Gasteiger partial charge is 0.331 e. The Labute approximate surface area is 297 Å². The van der Waals surface area contributed by atoms with Gasteiger partial charge in [-0.15, -0.1) is 0 Å². The van der Waals surface area contributed by atoms with Crippen LogP contribution in [-0.2, 0) is 23.7 Å². The lowest BCUT2D eigenvalue weighted by atomic mass is 9.98. The van der Waals surface area contributed by atoms with Gasteiger partial charge in [0.15, 0.2) is 29.7 Å². The normalized spacial score (nSPS) is 27.5. The van der Waals surface area contributed by atoms with E-state index in [4.69, 9.17) is 28.1 Å². The first kappa shape index (κ1) is 37.3. The maximum atomic E-state index is 14.0. The number of hydrogen-bond acceptors (Lipinski definition) is 18. The van der Waals surface area contributed by atoms with Crippen molar-refractivity contribution in [2.75, 3.05) is 13.2 Å². The van der Waals surface area contributed by atoms with Crippen molar-refractivity contribution in [3.8, 4) is 45.8 Å². The molecule has 4 aromatic rings. The Morgan fingerprint density at radius 3 is 2.25 bits per heavy atom. The minimum atomic E-state index is -2.02. The van der Waals surface area contributed by atoms with Gasteiger partial charge in [0.1, 0.15) is 64.8 Å². The minimum absolute atomic E-state index is 0.0248. The van der Waals surface area contributed by atoms with E-state index in [1.165, 1.54) is 36.4 Å². The Morgan fingerprint density at radius 1 is 0.792 bits per heavy atom. The quantitative estimate of drug-likeness (QED) is 0.0608. The molecule has 2 aliphatic rings. The van der Waals surface area contributed by atoms with E-state index in [9.17, 15) is 60.7 Å². The summed E-state index contributed by atoms with van der Waals surface area (Å²) in [6.45, 7) is -1.09. The van der Waals surface area contributed by atoms with Gasteiger partial charge in [0.25, 0.3) is 0 Å². The molecule has 0 spiro atoms. The maximum Gasteiger partial charge on any atom is 0.331 e. The summed E-state index contributed by atoms with van der Waals surface area (Å²) in [6, 6.07) is 10.9. The Bertz CT molecular complexity index is 2040. The fraction of sp³-hybridized carbons (Fsp3) is 0.314. The van der Waals surface area contributed by atoms with Crippen LogP contribution in [0.2, 0.25) is 0 Å². The summed E-state index contributed by atoms with van der Waals surface area (Å²) in [7, 11) is 0. The molecule has 9 atom stereocenters. The van der Waals surface area contributed by atoms with Crippen LogP contribution in [0.1, 0.15) is 5.56 Å². The molecule has 53 heavy (non-hydrogen) atoms. The molecule has 6 rings (SSSR count). The molecule has 2 aliphatic heterocycles. The summed E-state index contributed by atoms with van der Waals surface area (Å²) < 4.78 is 33.8. The van der Waals surface area contributed by atoms with E-state index in [1.54, 1.807) is 0 Å². The predicted molar refractivity (Wildman–Crippen MR) is 177 cm³/mol. The van der Waals surface area contributed by atoms with E-state index in [2.05, 4.69) is 0 Å². The van der Waals surface area contributed by atoms with Crippen LogP contribution in [0.4, 0.5) is 0 Å². The van der Waals surface area contributed by atoms with Gasteiger partial charge in [0, 0.05) is 23.8 Å². The molecule has 3 aromatic carbocycles. The van der Waals surface area contributed by atoms with Crippen LogP contribution in [0.25, 0.3) is 28.4 Å². The summed E-state index contributed by atoms with van der Waals surface area (Å²) in [6.07, 6.45) is -13.4. The van der Waals surface area contributed by atoms with Crippen LogP contribution >= 0.6 is 0 Å². The molecule has 10 N–H and O–H groups in total. The fourth-order valence-corrected chi connectivity index (χ4v) is 5.65. The zero-order valence-electron chi connectivity index (χ0n) is 27.2. The minimum Gasteiger partial charge on any atom is -0.508 e. The molecule has 0 bridgehead atoms. The molecule has 2 saturated heterocycles. The third-order valence-electron chi connectivity index (χ3n) is 8.47. The van der Waals surface area contributed by atoms with Crippen LogP contribution in [0.5, 0.6) is 34.5 Å². The second-order valence-corrected chi connectivity index (χ2v) is 12.2. The average molecular weight is 743 g/mol. The number of aliphatic hydroxyl groups excluding tert-OH is 5. The molecule has 0 unspecified atom stereocenters. The van der Waals surface area contributed by atoms with E-state index in [0.717, 1.165) is 30.3 Å². The summed E-state index contributed by atoms with van der Waals surface area (Å²) in [5, 5.41) is 102. The molecule has 0 saturated carbocycles. The number of aliphatic hydroxyl groups is 5. The molecular weight excluding hydrogens is 708 g/mol. The van der Waals surface area contributed by atoms with Crippen molar-refractivity contribution >= 4 is 23.0 Å². The van der Waals surface area contributed by atoms with Gasteiger partial charge in [-0.25, -0.2) is 4.79 Å². The zero-order valence-corrected chi connectivity index (χ0v) is 27.2. The highest BCUT2D eigenvalue weighted by molar-refractivity contribution is 5.89. The van der Waals surface area contributed by atoms with E-state index in [-0.39, 0.29) is 16.9 Å². The van der Waals surface area contributed by atoms with Gasteiger partial charge < -0.3 is 79.2 Å². The number of carbonyl (C=O) groups is 1. The largest absolute Gasteiger partial charge is 0.508 e. The molecule has 0 aliphatic carbocycles. The van der Waals surface area contributed by atoms with Gasteiger partial charge >= 0.3 is 5.97 Å². The van der Waals surface area contributed by atoms with Crippen LogP contribution in [0.3, 0.4) is 0 Å². The second-order valence-electron chi connectivity index (χ2n) is 12.2.